The van der Waals surface area contributed by atoms with E-state index in [1.54, 1.807) is 40.7 Å². The molecule has 2 N–H and O–H groups in total. The molecule has 2 amide bonds. The molecule has 0 aromatic carbocycles. The van der Waals surface area contributed by atoms with Gasteiger partial charge in [-0.1, -0.05) is 12.1 Å². The number of alkyl carbamates (subject to hydrolysis) is 1. The smallest absolute Gasteiger partial charge is 0.407 e. The van der Waals surface area contributed by atoms with E-state index < -0.39 is 17.6 Å². The maximum Gasteiger partial charge on any atom is 0.407 e. The zero-order valence-corrected chi connectivity index (χ0v) is 14.0. The summed E-state index contributed by atoms with van der Waals surface area (Å²) in [4.78, 5) is 23.8. The maximum atomic E-state index is 12.1. The van der Waals surface area contributed by atoms with Crippen LogP contribution in [0.5, 0.6) is 0 Å². The monoisotopic (exact) mass is 311 g/mol. The SMILES string of the molecule is Cc1cc(CNC(=O)C(C)C(C)NC(=O)OC(C)(C)C)on1. The molecule has 1 aromatic heterocycles. The first-order valence-electron chi connectivity index (χ1n) is 7.28. The van der Waals surface area contributed by atoms with Gasteiger partial charge in [0.25, 0.3) is 0 Å². The molecule has 124 valence electrons. The third kappa shape index (κ3) is 6.15. The number of ether oxygens (including phenoxy) is 1. The lowest BCUT2D eigenvalue weighted by Gasteiger charge is -2.24. The predicted octanol–water partition coefficient (Wildman–Crippen LogP) is 2.15. The molecule has 2 unspecified atom stereocenters. The summed E-state index contributed by atoms with van der Waals surface area (Å²) < 4.78 is 10.2. The Kier molecular flexibility index (Phi) is 5.96. The van der Waals surface area contributed by atoms with Gasteiger partial charge < -0.3 is 19.9 Å². The van der Waals surface area contributed by atoms with Crippen LogP contribution in [0.15, 0.2) is 10.6 Å². The van der Waals surface area contributed by atoms with Crippen molar-refractivity contribution in [2.24, 2.45) is 5.92 Å². The number of aromatic nitrogens is 1. The van der Waals surface area contributed by atoms with E-state index in [-0.39, 0.29) is 18.5 Å². The highest BCUT2D eigenvalue weighted by Gasteiger charge is 2.24. The molecule has 1 heterocycles. The highest BCUT2D eigenvalue weighted by molar-refractivity contribution is 5.79. The van der Waals surface area contributed by atoms with Crippen molar-refractivity contribution in [2.45, 2.75) is 59.7 Å². The second-order valence-corrected chi connectivity index (χ2v) is 6.38. The second kappa shape index (κ2) is 7.29. The molecule has 1 aromatic rings. The van der Waals surface area contributed by atoms with Gasteiger partial charge >= 0.3 is 6.09 Å². The Labute approximate surface area is 130 Å². The van der Waals surface area contributed by atoms with E-state index in [0.29, 0.717) is 5.76 Å². The molecule has 0 radical (unpaired) electrons. The van der Waals surface area contributed by atoms with Crippen molar-refractivity contribution in [1.29, 1.82) is 0 Å². The quantitative estimate of drug-likeness (QED) is 0.869. The summed E-state index contributed by atoms with van der Waals surface area (Å²) in [5.41, 5.74) is 0.191. The zero-order valence-electron chi connectivity index (χ0n) is 14.0. The number of rotatable bonds is 5. The van der Waals surface area contributed by atoms with Crippen LogP contribution in [0.25, 0.3) is 0 Å². The van der Waals surface area contributed by atoms with E-state index >= 15 is 0 Å². The van der Waals surface area contributed by atoms with Gasteiger partial charge in [0.15, 0.2) is 5.76 Å². The van der Waals surface area contributed by atoms with E-state index in [1.807, 2.05) is 6.92 Å². The van der Waals surface area contributed by atoms with Crippen molar-refractivity contribution >= 4 is 12.0 Å². The molecule has 22 heavy (non-hydrogen) atoms. The van der Waals surface area contributed by atoms with Crippen LogP contribution in [0.4, 0.5) is 4.79 Å². The molecule has 0 saturated heterocycles. The van der Waals surface area contributed by atoms with Crippen LogP contribution < -0.4 is 10.6 Å². The van der Waals surface area contributed by atoms with Crippen LogP contribution in [-0.4, -0.2) is 28.8 Å². The van der Waals surface area contributed by atoms with E-state index in [4.69, 9.17) is 9.26 Å². The lowest BCUT2D eigenvalue weighted by Crippen LogP contribution is -2.45. The molecular weight excluding hydrogens is 286 g/mol. The normalized spacial score (nSPS) is 14.1. The Hall–Kier alpha value is -2.05. The Bertz CT molecular complexity index is 519. The standard InChI is InChI=1S/C15H25N3O4/c1-9-7-12(22-18-9)8-16-13(19)10(2)11(3)17-14(20)21-15(4,5)6/h7,10-11H,8H2,1-6H3,(H,16,19)(H,17,20). The molecule has 1 rings (SSSR count). The van der Waals surface area contributed by atoms with Crippen molar-refractivity contribution in [2.75, 3.05) is 0 Å². The molecule has 0 aliphatic heterocycles. The number of nitrogens with one attached hydrogen (secondary N) is 2. The van der Waals surface area contributed by atoms with Crippen LogP contribution in [0.1, 0.15) is 46.1 Å². The second-order valence-electron chi connectivity index (χ2n) is 6.38. The molecule has 7 heteroatoms. The number of carbonyl (C=O) groups excluding carboxylic acids is 2. The molecule has 7 nitrogen and oxygen atoms in total. The van der Waals surface area contributed by atoms with Gasteiger partial charge in [-0.05, 0) is 34.6 Å². The van der Waals surface area contributed by atoms with Gasteiger partial charge in [-0.15, -0.1) is 0 Å². The van der Waals surface area contributed by atoms with Crippen LogP contribution in [-0.2, 0) is 16.1 Å². The Morgan fingerprint density at radius 1 is 1.36 bits per heavy atom. The van der Waals surface area contributed by atoms with Crippen LogP contribution in [0, 0.1) is 12.8 Å². The first kappa shape index (κ1) is 18.0. The summed E-state index contributed by atoms with van der Waals surface area (Å²) >= 11 is 0. The molecular formula is C15H25N3O4. The van der Waals surface area contributed by atoms with Gasteiger partial charge in [-0.25, -0.2) is 4.79 Å². The van der Waals surface area contributed by atoms with Gasteiger partial charge in [-0.2, -0.15) is 0 Å². The number of aryl methyl sites for hydroxylation is 1. The van der Waals surface area contributed by atoms with Crippen molar-refractivity contribution in [1.82, 2.24) is 15.8 Å². The zero-order chi connectivity index (χ0) is 16.9. The summed E-state index contributed by atoms with van der Waals surface area (Å²) in [6, 6.07) is 1.40. The molecule has 0 bridgehead atoms. The Morgan fingerprint density at radius 3 is 2.50 bits per heavy atom. The molecule has 0 aliphatic carbocycles. The number of amides is 2. The summed E-state index contributed by atoms with van der Waals surface area (Å²) in [7, 11) is 0. The van der Waals surface area contributed by atoms with Gasteiger partial charge in [0.05, 0.1) is 18.2 Å². The Balaban J connectivity index is 2.43. The minimum Gasteiger partial charge on any atom is -0.444 e. The van der Waals surface area contributed by atoms with Gasteiger partial charge in [0.1, 0.15) is 5.60 Å². The van der Waals surface area contributed by atoms with Crippen LogP contribution in [0.3, 0.4) is 0 Å². The third-order valence-electron chi connectivity index (χ3n) is 3.02. The summed E-state index contributed by atoms with van der Waals surface area (Å²) in [6.45, 7) is 10.9. The summed E-state index contributed by atoms with van der Waals surface area (Å²) in [5.74, 6) is -0.0000435. The highest BCUT2D eigenvalue weighted by Crippen LogP contribution is 2.09. The highest BCUT2D eigenvalue weighted by atomic mass is 16.6. The van der Waals surface area contributed by atoms with E-state index in [1.165, 1.54) is 0 Å². The Morgan fingerprint density at radius 2 is 2.00 bits per heavy atom. The minimum atomic E-state index is -0.570. The van der Waals surface area contributed by atoms with Crippen molar-refractivity contribution in [3.05, 3.63) is 17.5 Å². The lowest BCUT2D eigenvalue weighted by atomic mass is 10.0. The number of carbonyl (C=O) groups is 2. The third-order valence-corrected chi connectivity index (χ3v) is 3.02. The van der Waals surface area contributed by atoms with Gasteiger partial charge in [0, 0.05) is 12.1 Å². The summed E-state index contributed by atoms with van der Waals surface area (Å²) in [6.07, 6.45) is -0.537. The predicted molar refractivity (Wildman–Crippen MR) is 81.1 cm³/mol. The first-order valence-corrected chi connectivity index (χ1v) is 7.28. The van der Waals surface area contributed by atoms with Crippen LogP contribution in [0.2, 0.25) is 0 Å². The lowest BCUT2D eigenvalue weighted by molar-refractivity contribution is -0.125. The fourth-order valence-electron chi connectivity index (χ4n) is 1.68. The van der Waals surface area contributed by atoms with Crippen molar-refractivity contribution in [3.63, 3.8) is 0 Å². The van der Waals surface area contributed by atoms with Crippen molar-refractivity contribution in [3.8, 4) is 0 Å². The van der Waals surface area contributed by atoms with E-state index in [2.05, 4.69) is 15.8 Å². The largest absolute Gasteiger partial charge is 0.444 e. The summed E-state index contributed by atoms with van der Waals surface area (Å²) in [5, 5.41) is 9.16. The number of hydrogen-bond donors (Lipinski definition) is 2. The molecule has 0 saturated carbocycles. The molecule has 0 fully saturated rings. The molecule has 0 spiro atoms. The fourth-order valence-corrected chi connectivity index (χ4v) is 1.68. The molecule has 2 atom stereocenters. The number of nitrogens with zero attached hydrogens (tertiary/aromatic N) is 1. The average Bonchev–Trinajstić information content (AvgIpc) is 2.78. The average molecular weight is 311 g/mol. The van der Waals surface area contributed by atoms with Gasteiger partial charge in [0.2, 0.25) is 5.91 Å². The maximum absolute atomic E-state index is 12.1. The topological polar surface area (TPSA) is 93.5 Å². The molecule has 0 aliphatic rings. The van der Waals surface area contributed by atoms with Crippen molar-refractivity contribution < 1.29 is 18.8 Å². The minimum absolute atomic E-state index is 0.183. The fraction of sp³-hybridized carbons (Fsp3) is 0.667. The van der Waals surface area contributed by atoms with E-state index in [0.717, 1.165) is 5.69 Å². The van der Waals surface area contributed by atoms with E-state index in [9.17, 15) is 9.59 Å². The first-order chi connectivity index (χ1) is 10.1. The van der Waals surface area contributed by atoms with Crippen LogP contribution >= 0.6 is 0 Å². The van der Waals surface area contributed by atoms with Gasteiger partial charge in [-0.3, -0.25) is 4.79 Å². The number of hydrogen-bond acceptors (Lipinski definition) is 5.